The minimum atomic E-state index is -0.288. The van der Waals surface area contributed by atoms with Crippen LogP contribution in [0.5, 0.6) is 0 Å². The van der Waals surface area contributed by atoms with Crippen LogP contribution in [0.25, 0.3) is 10.9 Å². The van der Waals surface area contributed by atoms with Crippen molar-refractivity contribution < 1.29 is 9.18 Å². The van der Waals surface area contributed by atoms with Crippen LogP contribution >= 0.6 is 0 Å². The zero-order chi connectivity index (χ0) is 20.1. The SMILES string of the molecule is O=C(NCCc1c[nH]c2ccccc12)c1cc(NCc2ccccc2F)ncn1. The van der Waals surface area contributed by atoms with E-state index in [0.717, 1.165) is 16.5 Å². The Labute approximate surface area is 167 Å². The Hall–Kier alpha value is -3.74. The lowest BCUT2D eigenvalue weighted by atomic mass is 10.1. The number of aromatic amines is 1. The largest absolute Gasteiger partial charge is 0.366 e. The second-order valence-corrected chi connectivity index (χ2v) is 6.60. The average Bonchev–Trinajstić information content (AvgIpc) is 3.16. The van der Waals surface area contributed by atoms with Gasteiger partial charge in [0.15, 0.2) is 0 Å². The fraction of sp³-hybridized carbons (Fsp3) is 0.136. The van der Waals surface area contributed by atoms with E-state index >= 15 is 0 Å². The number of carbonyl (C=O) groups is 1. The molecule has 0 fully saturated rings. The fourth-order valence-corrected chi connectivity index (χ4v) is 3.15. The molecule has 0 bridgehead atoms. The number of aromatic nitrogens is 3. The van der Waals surface area contributed by atoms with Gasteiger partial charge >= 0.3 is 0 Å². The number of hydrogen-bond acceptors (Lipinski definition) is 4. The van der Waals surface area contributed by atoms with Crippen LogP contribution in [0.15, 0.2) is 67.1 Å². The maximum Gasteiger partial charge on any atom is 0.270 e. The minimum Gasteiger partial charge on any atom is -0.366 e. The Morgan fingerprint density at radius 2 is 1.86 bits per heavy atom. The van der Waals surface area contributed by atoms with E-state index in [9.17, 15) is 9.18 Å². The first kappa shape index (κ1) is 18.6. The van der Waals surface area contributed by atoms with Crippen LogP contribution < -0.4 is 10.6 Å². The molecule has 2 aromatic heterocycles. The summed E-state index contributed by atoms with van der Waals surface area (Å²) >= 11 is 0. The lowest BCUT2D eigenvalue weighted by molar-refractivity contribution is 0.0949. The van der Waals surface area contributed by atoms with Gasteiger partial charge in [-0.1, -0.05) is 36.4 Å². The zero-order valence-corrected chi connectivity index (χ0v) is 15.7. The molecule has 4 aromatic rings. The Morgan fingerprint density at radius 3 is 2.76 bits per heavy atom. The summed E-state index contributed by atoms with van der Waals surface area (Å²) in [7, 11) is 0. The van der Waals surface area contributed by atoms with Gasteiger partial charge in [0.05, 0.1) is 0 Å². The molecule has 0 spiro atoms. The van der Waals surface area contributed by atoms with Crippen molar-refractivity contribution in [1.82, 2.24) is 20.3 Å². The molecule has 0 saturated carbocycles. The smallest absolute Gasteiger partial charge is 0.270 e. The average molecular weight is 389 g/mol. The van der Waals surface area contributed by atoms with E-state index in [1.54, 1.807) is 24.3 Å². The number of halogens is 1. The summed E-state index contributed by atoms with van der Waals surface area (Å²) in [5.41, 5.74) is 3.01. The Balaban J connectivity index is 1.34. The van der Waals surface area contributed by atoms with Gasteiger partial charge in [-0.3, -0.25) is 4.79 Å². The summed E-state index contributed by atoms with van der Waals surface area (Å²) in [5, 5.41) is 7.06. The second kappa shape index (κ2) is 8.52. The molecule has 6 nitrogen and oxygen atoms in total. The third-order valence-electron chi connectivity index (χ3n) is 4.67. The third kappa shape index (κ3) is 4.40. The number of amides is 1. The number of H-pyrrole nitrogens is 1. The van der Waals surface area contributed by atoms with E-state index < -0.39 is 0 Å². The van der Waals surface area contributed by atoms with E-state index in [2.05, 4.69) is 31.7 Å². The van der Waals surface area contributed by atoms with Crippen molar-refractivity contribution in [1.29, 1.82) is 0 Å². The first-order valence-corrected chi connectivity index (χ1v) is 9.33. The first-order valence-electron chi connectivity index (χ1n) is 9.33. The highest BCUT2D eigenvalue weighted by atomic mass is 19.1. The van der Waals surface area contributed by atoms with Gasteiger partial charge in [-0.2, -0.15) is 0 Å². The molecule has 0 unspecified atom stereocenters. The van der Waals surface area contributed by atoms with Crippen LogP contribution in [0.2, 0.25) is 0 Å². The monoisotopic (exact) mass is 389 g/mol. The highest BCUT2D eigenvalue weighted by molar-refractivity contribution is 5.92. The Kier molecular flexibility index (Phi) is 5.47. The van der Waals surface area contributed by atoms with Crippen molar-refractivity contribution in [2.75, 3.05) is 11.9 Å². The van der Waals surface area contributed by atoms with Gasteiger partial charge < -0.3 is 15.6 Å². The summed E-state index contributed by atoms with van der Waals surface area (Å²) in [6, 6.07) is 16.1. The van der Waals surface area contributed by atoms with Crippen LogP contribution in [-0.2, 0) is 13.0 Å². The molecule has 146 valence electrons. The van der Waals surface area contributed by atoms with E-state index in [1.807, 2.05) is 24.4 Å². The van der Waals surface area contributed by atoms with Gasteiger partial charge in [-0.25, -0.2) is 14.4 Å². The molecule has 4 rings (SSSR count). The van der Waals surface area contributed by atoms with Crippen LogP contribution in [-0.4, -0.2) is 27.4 Å². The van der Waals surface area contributed by atoms with Crippen LogP contribution in [0.1, 0.15) is 21.6 Å². The van der Waals surface area contributed by atoms with Crippen molar-refractivity contribution in [3.05, 3.63) is 89.8 Å². The maximum absolute atomic E-state index is 13.7. The van der Waals surface area contributed by atoms with E-state index in [4.69, 9.17) is 0 Å². The molecular weight excluding hydrogens is 369 g/mol. The quantitative estimate of drug-likeness (QED) is 0.450. The topological polar surface area (TPSA) is 82.7 Å². The number of carbonyl (C=O) groups excluding carboxylic acids is 1. The number of benzene rings is 2. The van der Waals surface area contributed by atoms with Crippen LogP contribution in [0.3, 0.4) is 0 Å². The van der Waals surface area contributed by atoms with E-state index in [-0.39, 0.29) is 24.0 Å². The maximum atomic E-state index is 13.7. The van der Waals surface area contributed by atoms with Crippen molar-refractivity contribution in [3.63, 3.8) is 0 Å². The summed E-state index contributed by atoms with van der Waals surface area (Å²) in [4.78, 5) is 23.8. The molecule has 0 saturated heterocycles. The van der Waals surface area contributed by atoms with Crippen molar-refractivity contribution in [2.24, 2.45) is 0 Å². The number of nitrogens with zero attached hydrogens (tertiary/aromatic N) is 2. The Bertz CT molecular complexity index is 1140. The summed E-state index contributed by atoms with van der Waals surface area (Å²) in [6.07, 6.45) is 3.99. The molecule has 0 aliphatic heterocycles. The zero-order valence-electron chi connectivity index (χ0n) is 15.7. The van der Waals surface area contributed by atoms with Crippen molar-refractivity contribution in [3.8, 4) is 0 Å². The number of hydrogen-bond donors (Lipinski definition) is 3. The number of fused-ring (bicyclic) bond motifs is 1. The van der Waals surface area contributed by atoms with Gasteiger partial charge in [0, 0.05) is 41.8 Å². The van der Waals surface area contributed by atoms with Crippen LogP contribution in [0, 0.1) is 5.82 Å². The summed E-state index contributed by atoms with van der Waals surface area (Å²) in [6.45, 7) is 0.758. The molecule has 0 radical (unpaired) electrons. The molecule has 7 heteroatoms. The first-order chi connectivity index (χ1) is 14.2. The predicted molar refractivity (Wildman–Crippen MR) is 110 cm³/mol. The third-order valence-corrected chi connectivity index (χ3v) is 4.67. The fourth-order valence-electron chi connectivity index (χ4n) is 3.15. The highest BCUT2D eigenvalue weighted by Crippen LogP contribution is 2.17. The Morgan fingerprint density at radius 1 is 1.03 bits per heavy atom. The number of anilines is 1. The molecule has 0 aliphatic carbocycles. The second-order valence-electron chi connectivity index (χ2n) is 6.60. The normalized spacial score (nSPS) is 10.8. The van der Waals surface area contributed by atoms with Crippen molar-refractivity contribution in [2.45, 2.75) is 13.0 Å². The van der Waals surface area contributed by atoms with E-state index in [0.29, 0.717) is 24.3 Å². The lowest BCUT2D eigenvalue weighted by Crippen LogP contribution is -2.26. The standard InChI is InChI=1S/C22H20FN5O/c23-18-7-3-1-5-16(18)13-26-21-11-20(27-14-28-21)22(29)24-10-9-15-12-25-19-8-4-2-6-17(15)19/h1-8,11-12,14,25H,9-10,13H2,(H,24,29)(H,26,27,28). The van der Waals surface area contributed by atoms with Gasteiger partial charge in [-0.15, -0.1) is 0 Å². The molecular formula is C22H20FN5O. The lowest BCUT2D eigenvalue weighted by Gasteiger charge is -2.08. The number of para-hydroxylation sites is 1. The molecule has 0 atom stereocenters. The van der Waals surface area contributed by atoms with Gasteiger partial charge in [0.25, 0.3) is 5.91 Å². The highest BCUT2D eigenvalue weighted by Gasteiger charge is 2.10. The van der Waals surface area contributed by atoms with E-state index in [1.165, 1.54) is 12.4 Å². The van der Waals surface area contributed by atoms with Gasteiger partial charge in [0.2, 0.25) is 0 Å². The predicted octanol–water partition coefficient (Wildman–Crippen LogP) is 3.68. The minimum absolute atomic E-state index is 0.259. The molecule has 1 amide bonds. The van der Waals surface area contributed by atoms with Crippen molar-refractivity contribution >= 4 is 22.6 Å². The number of rotatable bonds is 7. The van der Waals surface area contributed by atoms with Crippen LogP contribution in [0.4, 0.5) is 10.2 Å². The molecule has 3 N–H and O–H groups in total. The summed E-state index contributed by atoms with van der Waals surface area (Å²) < 4.78 is 13.7. The van der Waals surface area contributed by atoms with Gasteiger partial charge in [0.1, 0.15) is 23.7 Å². The molecule has 0 aliphatic rings. The number of nitrogens with one attached hydrogen (secondary N) is 3. The van der Waals surface area contributed by atoms with Gasteiger partial charge in [-0.05, 0) is 24.1 Å². The molecule has 29 heavy (non-hydrogen) atoms. The summed E-state index contributed by atoms with van der Waals surface area (Å²) in [5.74, 6) is -0.101. The molecule has 2 heterocycles. The molecule has 2 aromatic carbocycles.